The SMILES string of the molecule is CC=C(C)N([SiH3])C(C)C. The lowest BCUT2D eigenvalue weighted by molar-refractivity contribution is 0.458. The predicted octanol–water partition coefficient (Wildman–Crippen LogP) is 0.901. The lowest BCUT2D eigenvalue weighted by Crippen LogP contribution is -2.25. The van der Waals surface area contributed by atoms with Crippen LogP contribution in [0.3, 0.4) is 0 Å². The molecular formula is C7H17NSi. The number of rotatable bonds is 2. The maximum absolute atomic E-state index is 2.39. The largest absolute Gasteiger partial charge is 0.408 e. The summed E-state index contributed by atoms with van der Waals surface area (Å²) < 4.78 is 2.39. The van der Waals surface area contributed by atoms with E-state index in [1.807, 2.05) is 0 Å². The molecule has 0 saturated carbocycles. The van der Waals surface area contributed by atoms with Crippen LogP contribution in [0.2, 0.25) is 0 Å². The van der Waals surface area contributed by atoms with E-state index in [4.69, 9.17) is 0 Å². The summed E-state index contributed by atoms with van der Waals surface area (Å²) in [5.74, 6) is 0. The molecule has 0 rings (SSSR count). The summed E-state index contributed by atoms with van der Waals surface area (Å²) >= 11 is 0. The smallest absolute Gasteiger partial charge is 0.107 e. The Hall–Kier alpha value is -0.243. The molecule has 0 aromatic rings. The minimum absolute atomic E-state index is 0.674. The molecular weight excluding hydrogens is 126 g/mol. The van der Waals surface area contributed by atoms with Crippen molar-refractivity contribution in [2.45, 2.75) is 33.7 Å². The van der Waals surface area contributed by atoms with Crippen LogP contribution in [0.5, 0.6) is 0 Å². The highest BCUT2D eigenvalue weighted by molar-refractivity contribution is 6.05. The molecule has 0 bridgehead atoms. The van der Waals surface area contributed by atoms with E-state index >= 15 is 0 Å². The van der Waals surface area contributed by atoms with Gasteiger partial charge in [-0.05, 0) is 33.4 Å². The van der Waals surface area contributed by atoms with Crippen molar-refractivity contribution in [3.63, 3.8) is 0 Å². The molecule has 0 aliphatic carbocycles. The van der Waals surface area contributed by atoms with E-state index in [-0.39, 0.29) is 0 Å². The van der Waals surface area contributed by atoms with Gasteiger partial charge >= 0.3 is 0 Å². The Kier molecular flexibility index (Phi) is 3.62. The summed E-state index contributed by atoms with van der Waals surface area (Å²) in [7, 11) is 1.13. The predicted molar refractivity (Wildman–Crippen MR) is 46.3 cm³/mol. The van der Waals surface area contributed by atoms with Gasteiger partial charge in [0, 0.05) is 6.04 Å². The molecule has 0 atom stereocenters. The molecule has 54 valence electrons. The van der Waals surface area contributed by atoms with Crippen molar-refractivity contribution in [2.75, 3.05) is 0 Å². The molecule has 0 heterocycles. The van der Waals surface area contributed by atoms with Gasteiger partial charge < -0.3 is 4.57 Å². The topological polar surface area (TPSA) is 3.24 Å². The third-order valence-electron chi connectivity index (χ3n) is 1.75. The van der Waals surface area contributed by atoms with E-state index in [1.165, 1.54) is 5.70 Å². The van der Waals surface area contributed by atoms with Crippen LogP contribution in [-0.4, -0.2) is 21.0 Å². The van der Waals surface area contributed by atoms with Crippen LogP contribution in [0.4, 0.5) is 0 Å². The van der Waals surface area contributed by atoms with Gasteiger partial charge in [0.25, 0.3) is 0 Å². The highest BCUT2D eigenvalue weighted by Gasteiger charge is 1.99. The van der Waals surface area contributed by atoms with Gasteiger partial charge in [-0.3, -0.25) is 0 Å². The quantitative estimate of drug-likeness (QED) is 0.519. The fourth-order valence-electron chi connectivity index (χ4n) is 0.611. The first-order valence-electron chi connectivity index (χ1n) is 3.45. The standard InChI is InChI=1S/C7H17NSi/c1-5-7(4)8(9)6(2)3/h5-6H,1-4,9H3. The van der Waals surface area contributed by atoms with Crippen molar-refractivity contribution in [3.8, 4) is 0 Å². The van der Waals surface area contributed by atoms with Crippen LogP contribution >= 0.6 is 0 Å². The molecule has 2 heteroatoms. The summed E-state index contributed by atoms with van der Waals surface area (Å²) in [4.78, 5) is 0. The van der Waals surface area contributed by atoms with E-state index in [0.717, 1.165) is 10.4 Å². The van der Waals surface area contributed by atoms with Crippen molar-refractivity contribution in [1.82, 2.24) is 4.57 Å². The minimum Gasteiger partial charge on any atom is -0.408 e. The molecule has 0 amide bonds. The van der Waals surface area contributed by atoms with Crippen LogP contribution in [0, 0.1) is 0 Å². The number of hydrogen-bond acceptors (Lipinski definition) is 1. The van der Waals surface area contributed by atoms with Crippen LogP contribution in [0.25, 0.3) is 0 Å². The van der Waals surface area contributed by atoms with E-state index < -0.39 is 0 Å². The number of hydrogen-bond donors (Lipinski definition) is 0. The second-order valence-corrected chi connectivity index (χ2v) is 3.60. The third kappa shape index (κ3) is 2.70. The normalized spacial score (nSPS) is 12.8. The van der Waals surface area contributed by atoms with E-state index in [2.05, 4.69) is 38.3 Å². The molecule has 0 saturated heterocycles. The molecule has 9 heavy (non-hydrogen) atoms. The van der Waals surface area contributed by atoms with Crippen LogP contribution in [0.15, 0.2) is 11.8 Å². The molecule has 0 radical (unpaired) electrons. The van der Waals surface area contributed by atoms with Crippen molar-refractivity contribution >= 4 is 10.4 Å². The lowest BCUT2D eigenvalue weighted by atomic mass is 10.3. The first-order valence-corrected chi connectivity index (χ1v) is 4.34. The second-order valence-electron chi connectivity index (χ2n) is 2.63. The van der Waals surface area contributed by atoms with E-state index in [1.54, 1.807) is 0 Å². The van der Waals surface area contributed by atoms with Gasteiger partial charge in [-0.25, -0.2) is 0 Å². The Morgan fingerprint density at radius 3 is 2.11 bits per heavy atom. The molecule has 1 nitrogen and oxygen atoms in total. The maximum Gasteiger partial charge on any atom is 0.107 e. The third-order valence-corrected chi connectivity index (χ3v) is 3.49. The van der Waals surface area contributed by atoms with Crippen LogP contribution in [-0.2, 0) is 0 Å². The highest BCUT2D eigenvalue weighted by Crippen LogP contribution is 2.02. The molecule has 0 fully saturated rings. The zero-order chi connectivity index (χ0) is 7.44. The van der Waals surface area contributed by atoms with Crippen LogP contribution < -0.4 is 0 Å². The zero-order valence-electron chi connectivity index (χ0n) is 7.10. The monoisotopic (exact) mass is 143 g/mol. The Balaban J connectivity index is 3.88. The van der Waals surface area contributed by atoms with Crippen molar-refractivity contribution in [3.05, 3.63) is 11.8 Å². The summed E-state index contributed by atoms with van der Waals surface area (Å²) in [6.45, 7) is 8.69. The zero-order valence-corrected chi connectivity index (χ0v) is 9.10. The molecule has 0 N–H and O–H groups in total. The highest BCUT2D eigenvalue weighted by atomic mass is 28.2. The van der Waals surface area contributed by atoms with Crippen molar-refractivity contribution in [2.24, 2.45) is 0 Å². The minimum atomic E-state index is 0.674. The van der Waals surface area contributed by atoms with Crippen LogP contribution in [0.1, 0.15) is 27.7 Å². The van der Waals surface area contributed by atoms with E-state index in [9.17, 15) is 0 Å². The molecule has 0 aromatic heterocycles. The lowest BCUT2D eigenvalue weighted by Gasteiger charge is -2.24. The van der Waals surface area contributed by atoms with Gasteiger partial charge in [0.1, 0.15) is 10.4 Å². The molecule has 0 unspecified atom stereocenters. The maximum atomic E-state index is 2.39. The Bertz CT molecular complexity index is 107. The first kappa shape index (κ1) is 8.76. The summed E-state index contributed by atoms with van der Waals surface area (Å²) in [5, 5.41) is 0. The average Bonchev–Trinajstić information content (AvgIpc) is 1.84. The fourth-order valence-corrected chi connectivity index (χ4v) is 0.869. The summed E-state index contributed by atoms with van der Waals surface area (Å²) in [6, 6.07) is 0.674. The van der Waals surface area contributed by atoms with E-state index in [0.29, 0.717) is 6.04 Å². The van der Waals surface area contributed by atoms with Crippen molar-refractivity contribution < 1.29 is 0 Å². The Morgan fingerprint density at radius 1 is 1.56 bits per heavy atom. The fraction of sp³-hybridized carbons (Fsp3) is 0.714. The average molecular weight is 143 g/mol. The second kappa shape index (κ2) is 3.72. The molecule has 0 spiro atoms. The number of nitrogens with zero attached hydrogens (tertiary/aromatic N) is 1. The molecule has 0 aliphatic heterocycles. The van der Waals surface area contributed by atoms with Gasteiger partial charge in [-0.1, -0.05) is 6.08 Å². The summed E-state index contributed by atoms with van der Waals surface area (Å²) in [5.41, 5.74) is 1.40. The molecule has 0 aromatic carbocycles. The van der Waals surface area contributed by atoms with Gasteiger partial charge in [0.2, 0.25) is 0 Å². The first-order chi connectivity index (χ1) is 4.09. The van der Waals surface area contributed by atoms with Gasteiger partial charge in [0.05, 0.1) is 0 Å². The number of allylic oxidation sites excluding steroid dienone is 2. The summed E-state index contributed by atoms with van der Waals surface area (Å²) in [6.07, 6.45) is 2.16. The Morgan fingerprint density at radius 2 is 2.00 bits per heavy atom. The molecule has 0 aliphatic rings. The van der Waals surface area contributed by atoms with Gasteiger partial charge in [-0.15, -0.1) is 0 Å². The Labute approximate surface area is 61.3 Å². The van der Waals surface area contributed by atoms with Crippen molar-refractivity contribution in [1.29, 1.82) is 0 Å². The van der Waals surface area contributed by atoms with Gasteiger partial charge in [-0.2, -0.15) is 0 Å². The van der Waals surface area contributed by atoms with Gasteiger partial charge in [0.15, 0.2) is 0 Å².